The molecule has 1 aliphatic rings. The van der Waals surface area contributed by atoms with Crippen LogP contribution < -0.4 is 0 Å². The lowest BCUT2D eigenvalue weighted by atomic mass is 9.90. The lowest BCUT2D eigenvalue weighted by Gasteiger charge is -2.12. The molecule has 1 fully saturated rings. The van der Waals surface area contributed by atoms with Crippen LogP contribution in [-0.2, 0) is 14.4 Å². The Morgan fingerprint density at radius 1 is 1.07 bits per heavy atom. The van der Waals surface area contributed by atoms with Crippen LogP contribution in [0.5, 0.6) is 0 Å². The third-order valence-electron chi connectivity index (χ3n) is 2.52. The molecule has 2 atom stereocenters. The Labute approximate surface area is 80.7 Å². The van der Waals surface area contributed by atoms with E-state index in [0.29, 0.717) is 0 Å². The number of hydrogen-bond donors (Lipinski definition) is 3. The number of carboxylic acids is 3. The van der Waals surface area contributed by atoms with Gasteiger partial charge in [0.2, 0.25) is 5.16 Å². The predicted octanol–water partition coefficient (Wildman–Crippen LogP) is -0.180. The Bertz CT molecular complexity index is 310. The summed E-state index contributed by atoms with van der Waals surface area (Å²) in [5.74, 6) is -4.47. The minimum absolute atomic E-state index is 0.0133. The van der Waals surface area contributed by atoms with Gasteiger partial charge in [0, 0.05) is 0 Å². The molecule has 0 radical (unpaired) electrons. The van der Waals surface area contributed by atoms with Crippen LogP contribution in [0.1, 0.15) is 13.3 Å². The Kier molecular flexibility index (Phi) is 2.27. The van der Waals surface area contributed by atoms with E-state index < -0.39 is 36.8 Å². The van der Waals surface area contributed by atoms with Gasteiger partial charge in [-0.15, -0.1) is 0 Å². The SMILES string of the molecule is CCC1(C(=O)O)PC1(C(=O)O)C(=O)O. The lowest BCUT2D eigenvalue weighted by molar-refractivity contribution is -0.156. The van der Waals surface area contributed by atoms with E-state index in [9.17, 15) is 14.4 Å². The van der Waals surface area contributed by atoms with Crippen molar-refractivity contribution in [1.29, 1.82) is 0 Å². The first-order valence-corrected chi connectivity index (χ1v) is 4.84. The third-order valence-corrected chi connectivity index (χ3v) is 4.86. The molecule has 78 valence electrons. The molecule has 0 saturated carbocycles. The van der Waals surface area contributed by atoms with Gasteiger partial charge in [-0.1, -0.05) is 15.5 Å². The number of hydrogen-bond acceptors (Lipinski definition) is 3. The molecule has 0 aliphatic carbocycles. The number of carboxylic acid groups (broad SMARTS) is 3. The summed E-state index contributed by atoms with van der Waals surface area (Å²) in [5.41, 5.74) is 0. The first kappa shape index (κ1) is 10.9. The summed E-state index contributed by atoms with van der Waals surface area (Å²) < 4.78 is 0. The minimum Gasteiger partial charge on any atom is -0.481 e. The van der Waals surface area contributed by atoms with Gasteiger partial charge in [-0.3, -0.25) is 14.4 Å². The maximum Gasteiger partial charge on any atom is 0.326 e. The maximum absolute atomic E-state index is 10.8. The molecule has 0 spiro atoms. The summed E-state index contributed by atoms with van der Waals surface area (Å²) in [7, 11) is -0.601. The summed E-state index contributed by atoms with van der Waals surface area (Å²) in [6.07, 6.45) is 0.0133. The Morgan fingerprint density at radius 2 is 1.50 bits per heavy atom. The molecule has 1 aliphatic heterocycles. The standard InChI is InChI=1S/C7H9O6P/c1-2-6(3(8)9)7(14-6,4(10)11)5(12)13/h14H,2H2,1H3,(H,8,9)(H,10,11)(H,12,13). The second-order valence-electron chi connectivity index (χ2n) is 3.05. The molecule has 7 heteroatoms. The second-order valence-corrected chi connectivity index (χ2v) is 4.90. The van der Waals surface area contributed by atoms with E-state index >= 15 is 0 Å². The summed E-state index contributed by atoms with van der Waals surface area (Å²) in [6, 6.07) is 0. The average molecular weight is 220 g/mol. The van der Waals surface area contributed by atoms with Gasteiger partial charge in [0.25, 0.3) is 0 Å². The molecule has 0 aromatic carbocycles. The fraction of sp³-hybridized carbons (Fsp3) is 0.571. The van der Waals surface area contributed by atoms with Gasteiger partial charge in [-0.2, -0.15) is 0 Å². The molecule has 0 aromatic heterocycles. The van der Waals surface area contributed by atoms with Gasteiger partial charge in [-0.25, -0.2) is 0 Å². The predicted molar refractivity (Wildman–Crippen MR) is 47.0 cm³/mol. The summed E-state index contributed by atoms with van der Waals surface area (Å²) in [6.45, 7) is 1.48. The first-order chi connectivity index (χ1) is 6.35. The summed E-state index contributed by atoms with van der Waals surface area (Å²) >= 11 is 0. The molecule has 6 nitrogen and oxygen atoms in total. The molecule has 0 bridgehead atoms. The Balaban J connectivity index is 3.16. The van der Waals surface area contributed by atoms with Crippen LogP contribution in [0.3, 0.4) is 0 Å². The maximum atomic E-state index is 10.8. The van der Waals surface area contributed by atoms with E-state index in [4.69, 9.17) is 15.3 Å². The van der Waals surface area contributed by atoms with Crippen molar-refractivity contribution in [3.05, 3.63) is 0 Å². The van der Waals surface area contributed by atoms with Crippen molar-refractivity contribution in [2.75, 3.05) is 0 Å². The van der Waals surface area contributed by atoms with Gasteiger partial charge >= 0.3 is 17.9 Å². The fourth-order valence-electron chi connectivity index (χ4n) is 1.57. The fourth-order valence-corrected chi connectivity index (χ4v) is 3.14. The smallest absolute Gasteiger partial charge is 0.326 e. The van der Waals surface area contributed by atoms with Crippen molar-refractivity contribution < 1.29 is 29.7 Å². The highest BCUT2D eigenvalue weighted by Gasteiger charge is 2.81. The van der Waals surface area contributed by atoms with Crippen LogP contribution in [0.15, 0.2) is 0 Å². The van der Waals surface area contributed by atoms with Crippen molar-refractivity contribution in [3.63, 3.8) is 0 Å². The topological polar surface area (TPSA) is 112 Å². The summed E-state index contributed by atoms with van der Waals surface area (Å²) in [4.78, 5) is 32.4. The number of carbonyl (C=O) groups is 3. The van der Waals surface area contributed by atoms with Crippen LogP contribution in [0.25, 0.3) is 0 Å². The van der Waals surface area contributed by atoms with Crippen LogP contribution in [0, 0.1) is 0 Å². The third kappa shape index (κ3) is 0.973. The number of rotatable bonds is 4. The van der Waals surface area contributed by atoms with Crippen molar-refractivity contribution in [2.45, 2.75) is 23.7 Å². The van der Waals surface area contributed by atoms with E-state index in [1.165, 1.54) is 6.92 Å². The van der Waals surface area contributed by atoms with Gasteiger partial charge in [0.1, 0.15) is 5.16 Å². The van der Waals surface area contributed by atoms with Crippen molar-refractivity contribution in [3.8, 4) is 0 Å². The van der Waals surface area contributed by atoms with Crippen LogP contribution in [0.2, 0.25) is 0 Å². The zero-order valence-corrected chi connectivity index (χ0v) is 8.27. The van der Waals surface area contributed by atoms with Crippen molar-refractivity contribution in [1.82, 2.24) is 0 Å². The molecule has 14 heavy (non-hydrogen) atoms. The highest BCUT2D eigenvalue weighted by atomic mass is 31.1. The zero-order valence-electron chi connectivity index (χ0n) is 7.27. The molecule has 3 N–H and O–H groups in total. The quantitative estimate of drug-likeness (QED) is 0.447. The largest absolute Gasteiger partial charge is 0.481 e. The van der Waals surface area contributed by atoms with Gasteiger partial charge in [0.05, 0.1) is 0 Å². The highest BCUT2D eigenvalue weighted by molar-refractivity contribution is 7.57. The molecular formula is C7H9O6P. The second kappa shape index (κ2) is 2.92. The van der Waals surface area contributed by atoms with Crippen LogP contribution in [-0.4, -0.2) is 43.5 Å². The van der Waals surface area contributed by atoms with E-state index in [-0.39, 0.29) is 6.42 Å². The molecule has 2 unspecified atom stereocenters. The molecule has 1 saturated heterocycles. The normalized spacial score (nSPS) is 29.8. The monoisotopic (exact) mass is 220 g/mol. The zero-order chi connectivity index (χ0) is 11.1. The molecule has 0 aromatic rings. The van der Waals surface area contributed by atoms with Crippen LogP contribution in [0.4, 0.5) is 0 Å². The van der Waals surface area contributed by atoms with E-state index in [2.05, 4.69) is 0 Å². The molecule has 1 rings (SSSR count). The van der Waals surface area contributed by atoms with Crippen molar-refractivity contribution >= 4 is 26.5 Å². The average Bonchev–Trinajstić information content (AvgIpc) is 2.75. The van der Waals surface area contributed by atoms with E-state index in [0.717, 1.165) is 0 Å². The van der Waals surface area contributed by atoms with E-state index in [1.54, 1.807) is 0 Å². The first-order valence-electron chi connectivity index (χ1n) is 3.84. The molecule has 1 heterocycles. The minimum atomic E-state index is -2.10. The Morgan fingerprint density at radius 3 is 1.57 bits per heavy atom. The number of aliphatic carboxylic acids is 3. The Hall–Kier alpha value is -1.16. The molecular weight excluding hydrogens is 211 g/mol. The summed E-state index contributed by atoms with van der Waals surface area (Å²) in [5, 5.41) is 22.6. The van der Waals surface area contributed by atoms with Crippen molar-refractivity contribution in [2.24, 2.45) is 0 Å². The van der Waals surface area contributed by atoms with E-state index in [1.807, 2.05) is 0 Å². The van der Waals surface area contributed by atoms with Crippen LogP contribution >= 0.6 is 8.58 Å². The lowest BCUT2D eigenvalue weighted by Crippen LogP contribution is -2.45. The van der Waals surface area contributed by atoms with Gasteiger partial charge < -0.3 is 15.3 Å². The van der Waals surface area contributed by atoms with Gasteiger partial charge in [0.15, 0.2) is 0 Å². The highest BCUT2D eigenvalue weighted by Crippen LogP contribution is 2.72. The molecule has 0 amide bonds. The van der Waals surface area contributed by atoms with Gasteiger partial charge in [-0.05, 0) is 6.42 Å².